The summed E-state index contributed by atoms with van der Waals surface area (Å²) in [4.78, 5) is 39.1. The standard InChI is InChI=1S/C13H14N2O3S/c1-2-14-11(16)4-3-10(13(14)18)15-5-8-6-19-7-9(8)12(15)17/h6-7,10H,2-5H2,1H3. The maximum absolute atomic E-state index is 12.3. The summed E-state index contributed by atoms with van der Waals surface area (Å²) >= 11 is 1.50. The molecular weight excluding hydrogens is 264 g/mol. The van der Waals surface area contributed by atoms with E-state index in [1.165, 1.54) is 16.2 Å². The second-order valence-electron chi connectivity index (χ2n) is 4.77. The summed E-state index contributed by atoms with van der Waals surface area (Å²) in [6.07, 6.45) is 0.772. The first-order valence-electron chi connectivity index (χ1n) is 6.33. The molecule has 0 aliphatic carbocycles. The van der Waals surface area contributed by atoms with Crippen LogP contribution in [0.25, 0.3) is 0 Å². The van der Waals surface area contributed by atoms with Gasteiger partial charge >= 0.3 is 0 Å². The van der Waals surface area contributed by atoms with E-state index in [2.05, 4.69) is 0 Å². The molecule has 1 atom stereocenters. The van der Waals surface area contributed by atoms with Crippen LogP contribution < -0.4 is 0 Å². The van der Waals surface area contributed by atoms with E-state index in [-0.39, 0.29) is 17.7 Å². The molecule has 0 spiro atoms. The van der Waals surface area contributed by atoms with Gasteiger partial charge in [-0.1, -0.05) is 0 Å². The Morgan fingerprint density at radius 2 is 2.11 bits per heavy atom. The van der Waals surface area contributed by atoms with Gasteiger partial charge < -0.3 is 4.90 Å². The minimum absolute atomic E-state index is 0.0833. The van der Waals surface area contributed by atoms with Crippen LogP contribution in [0, 0.1) is 0 Å². The number of rotatable bonds is 2. The van der Waals surface area contributed by atoms with Crippen LogP contribution in [0.15, 0.2) is 10.8 Å². The fourth-order valence-corrected chi connectivity index (χ4v) is 3.56. The number of hydrogen-bond acceptors (Lipinski definition) is 4. The molecular formula is C13H14N2O3S. The van der Waals surface area contributed by atoms with Crippen molar-refractivity contribution in [1.82, 2.24) is 9.80 Å². The van der Waals surface area contributed by atoms with E-state index in [4.69, 9.17) is 0 Å². The number of fused-ring (bicyclic) bond motifs is 1. The summed E-state index contributed by atoms with van der Waals surface area (Å²) in [7, 11) is 0. The summed E-state index contributed by atoms with van der Waals surface area (Å²) in [6.45, 7) is 2.64. The van der Waals surface area contributed by atoms with E-state index >= 15 is 0 Å². The molecule has 0 saturated carbocycles. The van der Waals surface area contributed by atoms with Crippen LogP contribution in [-0.4, -0.2) is 40.1 Å². The highest BCUT2D eigenvalue weighted by Gasteiger charge is 2.42. The molecule has 2 aliphatic rings. The summed E-state index contributed by atoms with van der Waals surface area (Å²) in [5.74, 6) is -0.453. The first-order valence-corrected chi connectivity index (χ1v) is 7.28. The van der Waals surface area contributed by atoms with Gasteiger partial charge in [0.2, 0.25) is 5.91 Å². The fourth-order valence-electron chi connectivity index (χ4n) is 2.74. The van der Waals surface area contributed by atoms with Crippen LogP contribution in [0.5, 0.6) is 0 Å². The number of hydrogen-bond donors (Lipinski definition) is 0. The minimum Gasteiger partial charge on any atom is -0.322 e. The van der Waals surface area contributed by atoms with Gasteiger partial charge in [0.25, 0.3) is 11.8 Å². The number of piperidine rings is 1. The second kappa shape index (κ2) is 4.45. The zero-order chi connectivity index (χ0) is 13.6. The van der Waals surface area contributed by atoms with Gasteiger partial charge in [-0.05, 0) is 24.3 Å². The van der Waals surface area contributed by atoms with Crippen molar-refractivity contribution in [2.24, 2.45) is 0 Å². The van der Waals surface area contributed by atoms with Crippen LogP contribution in [0.1, 0.15) is 35.7 Å². The molecule has 5 nitrogen and oxygen atoms in total. The number of thiophene rings is 1. The Balaban J connectivity index is 1.84. The normalized spacial score (nSPS) is 23.2. The molecule has 1 saturated heterocycles. The Hall–Kier alpha value is -1.69. The minimum atomic E-state index is -0.484. The number of amides is 3. The molecule has 6 heteroatoms. The van der Waals surface area contributed by atoms with E-state index in [1.807, 2.05) is 10.8 Å². The van der Waals surface area contributed by atoms with Gasteiger partial charge in [0.1, 0.15) is 6.04 Å². The highest BCUT2D eigenvalue weighted by molar-refractivity contribution is 7.08. The number of nitrogens with zero attached hydrogens (tertiary/aromatic N) is 2. The van der Waals surface area contributed by atoms with Crippen LogP contribution >= 0.6 is 11.3 Å². The summed E-state index contributed by atoms with van der Waals surface area (Å²) < 4.78 is 0. The first-order chi connectivity index (χ1) is 9.13. The van der Waals surface area contributed by atoms with E-state index < -0.39 is 6.04 Å². The summed E-state index contributed by atoms with van der Waals surface area (Å²) in [5, 5.41) is 3.77. The Kier molecular flexibility index (Phi) is 2.89. The van der Waals surface area contributed by atoms with Crippen molar-refractivity contribution in [2.75, 3.05) is 6.54 Å². The highest BCUT2D eigenvalue weighted by Crippen LogP contribution is 2.30. The Labute approximate surface area is 114 Å². The maximum atomic E-state index is 12.3. The smallest absolute Gasteiger partial charge is 0.256 e. The average molecular weight is 278 g/mol. The van der Waals surface area contributed by atoms with E-state index in [9.17, 15) is 14.4 Å². The molecule has 1 aromatic heterocycles. The predicted molar refractivity (Wildman–Crippen MR) is 69.6 cm³/mol. The molecule has 1 aromatic rings. The average Bonchev–Trinajstić information content (AvgIpc) is 2.94. The number of likely N-dealkylation sites (N-methyl/N-ethyl adjacent to an activating group) is 1. The molecule has 3 heterocycles. The van der Waals surface area contributed by atoms with E-state index in [0.29, 0.717) is 31.5 Å². The molecule has 19 heavy (non-hydrogen) atoms. The van der Waals surface area contributed by atoms with Crippen molar-refractivity contribution in [3.05, 3.63) is 21.9 Å². The van der Waals surface area contributed by atoms with Crippen LogP contribution in [0.2, 0.25) is 0 Å². The molecule has 0 radical (unpaired) electrons. The van der Waals surface area contributed by atoms with Gasteiger partial charge in [-0.15, -0.1) is 0 Å². The van der Waals surface area contributed by atoms with Gasteiger partial charge in [-0.3, -0.25) is 19.3 Å². The van der Waals surface area contributed by atoms with Gasteiger partial charge in [0.05, 0.1) is 5.56 Å². The maximum Gasteiger partial charge on any atom is 0.256 e. The van der Waals surface area contributed by atoms with E-state index in [1.54, 1.807) is 11.8 Å². The zero-order valence-electron chi connectivity index (χ0n) is 10.6. The lowest BCUT2D eigenvalue weighted by Gasteiger charge is -2.34. The quantitative estimate of drug-likeness (QED) is 0.765. The summed E-state index contributed by atoms with van der Waals surface area (Å²) in [5.41, 5.74) is 1.69. The number of carbonyl (C=O) groups is 3. The largest absolute Gasteiger partial charge is 0.322 e. The number of carbonyl (C=O) groups excluding carboxylic acids is 3. The Morgan fingerprint density at radius 3 is 2.79 bits per heavy atom. The lowest BCUT2D eigenvalue weighted by molar-refractivity contribution is -0.151. The molecule has 0 N–H and O–H groups in total. The molecule has 2 aliphatic heterocycles. The van der Waals surface area contributed by atoms with Crippen LogP contribution in [-0.2, 0) is 16.1 Å². The zero-order valence-corrected chi connectivity index (χ0v) is 11.4. The van der Waals surface area contributed by atoms with Gasteiger partial charge in [-0.2, -0.15) is 11.3 Å². The van der Waals surface area contributed by atoms with Crippen molar-refractivity contribution >= 4 is 29.1 Å². The lowest BCUT2D eigenvalue weighted by atomic mass is 10.0. The Morgan fingerprint density at radius 1 is 1.32 bits per heavy atom. The van der Waals surface area contributed by atoms with Crippen molar-refractivity contribution in [3.63, 3.8) is 0 Å². The fraction of sp³-hybridized carbons (Fsp3) is 0.462. The predicted octanol–water partition coefficient (Wildman–Crippen LogP) is 1.24. The molecule has 1 unspecified atom stereocenters. The lowest BCUT2D eigenvalue weighted by Crippen LogP contribution is -2.54. The first kappa shape index (κ1) is 12.3. The van der Waals surface area contributed by atoms with E-state index in [0.717, 1.165) is 5.56 Å². The molecule has 3 amide bonds. The number of imide groups is 1. The molecule has 1 fully saturated rings. The van der Waals surface area contributed by atoms with Crippen molar-refractivity contribution < 1.29 is 14.4 Å². The van der Waals surface area contributed by atoms with Crippen molar-refractivity contribution in [2.45, 2.75) is 32.4 Å². The van der Waals surface area contributed by atoms with Crippen molar-refractivity contribution in [1.29, 1.82) is 0 Å². The molecule has 0 aromatic carbocycles. The third-order valence-corrected chi connectivity index (χ3v) is 4.54. The second-order valence-corrected chi connectivity index (χ2v) is 5.52. The van der Waals surface area contributed by atoms with Crippen LogP contribution in [0.3, 0.4) is 0 Å². The topological polar surface area (TPSA) is 57.7 Å². The van der Waals surface area contributed by atoms with Crippen LogP contribution in [0.4, 0.5) is 0 Å². The Bertz CT molecular complexity index is 566. The third-order valence-electron chi connectivity index (χ3n) is 3.75. The molecule has 3 rings (SSSR count). The van der Waals surface area contributed by atoms with Gasteiger partial charge in [0, 0.05) is 24.9 Å². The van der Waals surface area contributed by atoms with Gasteiger partial charge in [0.15, 0.2) is 0 Å². The third kappa shape index (κ3) is 1.78. The van der Waals surface area contributed by atoms with Crippen molar-refractivity contribution in [3.8, 4) is 0 Å². The molecule has 100 valence electrons. The molecule has 0 bridgehead atoms. The van der Waals surface area contributed by atoms with Gasteiger partial charge in [-0.25, -0.2) is 0 Å². The monoisotopic (exact) mass is 278 g/mol. The summed E-state index contributed by atoms with van der Waals surface area (Å²) in [6, 6.07) is -0.484. The highest BCUT2D eigenvalue weighted by atomic mass is 32.1. The number of likely N-dealkylation sites (tertiary alicyclic amines) is 1. The SMILES string of the molecule is CCN1C(=O)CCC(N2Cc3cscc3C2=O)C1=O.